The number of carboxylic acid groups (broad SMARTS) is 1. The second-order valence-electron chi connectivity index (χ2n) is 8.76. The van der Waals surface area contributed by atoms with Gasteiger partial charge in [-0.1, -0.05) is 23.4 Å². The van der Waals surface area contributed by atoms with E-state index in [0.717, 1.165) is 39.7 Å². The van der Waals surface area contributed by atoms with Gasteiger partial charge in [-0.05, 0) is 50.1 Å². The molecule has 3 heterocycles. The van der Waals surface area contributed by atoms with Crippen molar-refractivity contribution in [3.05, 3.63) is 53.7 Å². The average molecular weight is 431 g/mol. The molecule has 164 valence electrons. The Balaban J connectivity index is 1.34. The summed E-state index contributed by atoms with van der Waals surface area (Å²) in [6, 6.07) is 12.5. The third-order valence-corrected chi connectivity index (χ3v) is 6.00. The van der Waals surface area contributed by atoms with Crippen molar-refractivity contribution in [3.8, 4) is 22.8 Å². The quantitative estimate of drug-likeness (QED) is 0.489. The van der Waals surface area contributed by atoms with Crippen molar-refractivity contribution in [2.75, 3.05) is 13.1 Å². The molecule has 1 saturated heterocycles. The van der Waals surface area contributed by atoms with Crippen molar-refractivity contribution >= 4 is 16.9 Å². The molecule has 0 bridgehead atoms. The average Bonchev–Trinajstić information content (AvgIpc) is 3.37. The van der Waals surface area contributed by atoms with Crippen molar-refractivity contribution in [2.45, 2.75) is 33.4 Å². The van der Waals surface area contributed by atoms with Crippen LogP contribution in [0.1, 0.15) is 31.0 Å². The van der Waals surface area contributed by atoms with Crippen LogP contribution in [0.3, 0.4) is 0 Å². The number of nitrogens with zero attached hydrogens (tertiary/aromatic N) is 5. The maximum atomic E-state index is 11.0. The van der Waals surface area contributed by atoms with E-state index < -0.39 is 5.97 Å². The van der Waals surface area contributed by atoms with E-state index in [-0.39, 0.29) is 5.92 Å². The highest BCUT2D eigenvalue weighted by Gasteiger charge is 2.32. The Morgan fingerprint density at radius 1 is 1.22 bits per heavy atom. The first-order valence-corrected chi connectivity index (χ1v) is 10.8. The molecule has 4 aromatic rings. The number of fused-ring (bicyclic) bond motifs is 1. The van der Waals surface area contributed by atoms with Gasteiger partial charge >= 0.3 is 5.97 Å². The second-order valence-corrected chi connectivity index (χ2v) is 8.76. The Kier molecular flexibility index (Phi) is 5.01. The van der Waals surface area contributed by atoms with Crippen molar-refractivity contribution in [2.24, 2.45) is 5.92 Å². The largest absolute Gasteiger partial charge is 0.481 e. The molecular weight excluding hydrogens is 406 g/mol. The number of carboxylic acids is 1. The molecule has 1 N–H and O–H groups in total. The summed E-state index contributed by atoms with van der Waals surface area (Å²) >= 11 is 0. The van der Waals surface area contributed by atoms with Crippen LogP contribution in [0.4, 0.5) is 0 Å². The first kappa shape index (κ1) is 20.4. The molecule has 2 aromatic carbocycles. The highest BCUT2D eigenvalue weighted by Crippen LogP contribution is 2.29. The lowest BCUT2D eigenvalue weighted by molar-refractivity contribution is -0.147. The predicted octanol–water partition coefficient (Wildman–Crippen LogP) is 4.16. The standard InChI is InChI=1S/C24H25N5O3/c1-14(2)29-21-7-5-17(9-18(21)10-25-29)23-26-22(27-32-23)20-6-4-16(8-15(20)3)11-28-12-19(13-28)24(30)31/h4-10,14,19H,11-13H2,1-3H3,(H,30,31). The summed E-state index contributed by atoms with van der Waals surface area (Å²) in [7, 11) is 0. The molecule has 8 heteroatoms. The molecule has 0 amide bonds. The fraction of sp³-hybridized carbons (Fsp3) is 0.333. The smallest absolute Gasteiger partial charge is 0.309 e. The number of aryl methyl sites for hydroxylation is 1. The van der Waals surface area contributed by atoms with E-state index in [0.29, 0.717) is 30.8 Å². The number of rotatable bonds is 6. The maximum Gasteiger partial charge on any atom is 0.309 e. The molecule has 0 unspecified atom stereocenters. The second kappa shape index (κ2) is 7.87. The van der Waals surface area contributed by atoms with Crippen LogP contribution >= 0.6 is 0 Å². The monoisotopic (exact) mass is 431 g/mol. The third kappa shape index (κ3) is 3.67. The summed E-state index contributed by atoms with van der Waals surface area (Å²) in [5.74, 6) is 0.0699. The molecule has 1 aliphatic heterocycles. The van der Waals surface area contributed by atoms with Crippen molar-refractivity contribution in [1.29, 1.82) is 0 Å². The van der Waals surface area contributed by atoms with E-state index >= 15 is 0 Å². The fourth-order valence-corrected chi connectivity index (χ4v) is 4.24. The molecule has 1 aliphatic rings. The van der Waals surface area contributed by atoms with Crippen LogP contribution < -0.4 is 0 Å². The summed E-state index contributed by atoms with van der Waals surface area (Å²) in [5, 5.41) is 18.7. The number of aliphatic carboxylic acids is 1. The van der Waals surface area contributed by atoms with E-state index in [9.17, 15) is 4.79 Å². The van der Waals surface area contributed by atoms with Crippen LogP contribution in [-0.2, 0) is 11.3 Å². The lowest BCUT2D eigenvalue weighted by atomic mass is 9.98. The zero-order valence-corrected chi connectivity index (χ0v) is 18.3. The molecule has 8 nitrogen and oxygen atoms in total. The normalized spacial score (nSPS) is 14.9. The Labute approximate surface area is 185 Å². The maximum absolute atomic E-state index is 11.0. The lowest BCUT2D eigenvalue weighted by Gasteiger charge is -2.36. The summed E-state index contributed by atoms with van der Waals surface area (Å²) < 4.78 is 7.56. The molecule has 5 rings (SSSR count). The minimum Gasteiger partial charge on any atom is -0.481 e. The van der Waals surface area contributed by atoms with Crippen molar-refractivity contribution < 1.29 is 14.4 Å². The van der Waals surface area contributed by atoms with Gasteiger partial charge in [0.2, 0.25) is 5.82 Å². The number of benzene rings is 2. The van der Waals surface area contributed by atoms with Gasteiger partial charge < -0.3 is 9.63 Å². The van der Waals surface area contributed by atoms with Gasteiger partial charge in [-0.2, -0.15) is 10.1 Å². The zero-order chi connectivity index (χ0) is 22.4. The molecule has 0 saturated carbocycles. The molecule has 1 fully saturated rings. The Hall–Kier alpha value is -3.52. The van der Waals surface area contributed by atoms with Gasteiger partial charge in [-0.15, -0.1) is 0 Å². The summed E-state index contributed by atoms with van der Waals surface area (Å²) in [5.41, 5.74) is 5.06. The lowest BCUT2D eigenvalue weighted by Crippen LogP contribution is -2.49. The fourth-order valence-electron chi connectivity index (χ4n) is 4.24. The number of hydrogen-bond donors (Lipinski definition) is 1. The van der Waals surface area contributed by atoms with Crippen LogP contribution in [0.5, 0.6) is 0 Å². The Morgan fingerprint density at radius 2 is 2.03 bits per heavy atom. The van der Waals surface area contributed by atoms with Crippen LogP contribution in [0.25, 0.3) is 33.7 Å². The first-order valence-electron chi connectivity index (χ1n) is 10.8. The van der Waals surface area contributed by atoms with E-state index in [4.69, 9.17) is 9.63 Å². The summed E-state index contributed by atoms with van der Waals surface area (Å²) in [4.78, 5) is 17.7. The predicted molar refractivity (Wildman–Crippen MR) is 120 cm³/mol. The van der Waals surface area contributed by atoms with Crippen molar-refractivity contribution in [3.63, 3.8) is 0 Å². The van der Waals surface area contributed by atoms with Crippen LogP contribution in [0, 0.1) is 12.8 Å². The summed E-state index contributed by atoms with van der Waals surface area (Å²) in [6.07, 6.45) is 1.86. The number of likely N-dealkylation sites (tertiary alicyclic amines) is 1. The van der Waals surface area contributed by atoms with Crippen molar-refractivity contribution in [1.82, 2.24) is 24.8 Å². The van der Waals surface area contributed by atoms with Crippen LogP contribution in [0.15, 0.2) is 47.1 Å². The van der Waals surface area contributed by atoms with Crippen LogP contribution in [-0.4, -0.2) is 49.0 Å². The highest BCUT2D eigenvalue weighted by molar-refractivity contribution is 5.83. The highest BCUT2D eigenvalue weighted by atomic mass is 16.5. The SMILES string of the molecule is Cc1cc(CN2CC(C(=O)O)C2)ccc1-c1noc(-c2ccc3c(cnn3C(C)C)c2)n1. The molecule has 0 spiro atoms. The summed E-state index contributed by atoms with van der Waals surface area (Å²) in [6.45, 7) is 8.18. The third-order valence-electron chi connectivity index (χ3n) is 6.00. The zero-order valence-electron chi connectivity index (χ0n) is 18.3. The molecule has 2 aromatic heterocycles. The molecular formula is C24H25N5O3. The number of hydrogen-bond acceptors (Lipinski definition) is 6. The molecule has 0 aliphatic carbocycles. The van der Waals surface area contributed by atoms with E-state index in [1.807, 2.05) is 48.1 Å². The minimum atomic E-state index is -0.714. The number of aromatic nitrogens is 4. The molecule has 0 atom stereocenters. The molecule has 32 heavy (non-hydrogen) atoms. The van der Waals surface area contributed by atoms with Gasteiger partial charge in [0.25, 0.3) is 5.89 Å². The topological polar surface area (TPSA) is 97.3 Å². The van der Waals surface area contributed by atoms with Gasteiger partial charge in [-0.3, -0.25) is 14.4 Å². The van der Waals surface area contributed by atoms with Gasteiger partial charge in [0, 0.05) is 42.2 Å². The van der Waals surface area contributed by atoms with Gasteiger partial charge in [0.05, 0.1) is 17.6 Å². The van der Waals surface area contributed by atoms with E-state index in [1.165, 1.54) is 0 Å². The first-order chi connectivity index (χ1) is 15.4. The van der Waals surface area contributed by atoms with E-state index in [1.54, 1.807) is 0 Å². The van der Waals surface area contributed by atoms with Gasteiger partial charge in [0.1, 0.15) is 0 Å². The minimum absolute atomic E-state index is 0.243. The Bertz CT molecular complexity index is 1300. The number of carbonyl (C=O) groups is 1. The van der Waals surface area contributed by atoms with Crippen LogP contribution in [0.2, 0.25) is 0 Å². The van der Waals surface area contributed by atoms with Gasteiger partial charge in [0.15, 0.2) is 0 Å². The van der Waals surface area contributed by atoms with E-state index in [2.05, 4.69) is 40.1 Å². The molecule has 0 radical (unpaired) electrons. The Morgan fingerprint density at radius 3 is 2.75 bits per heavy atom. The van der Waals surface area contributed by atoms with Gasteiger partial charge in [-0.25, -0.2) is 0 Å².